The second kappa shape index (κ2) is 4.65. The number of hydrazine groups is 2. The van der Waals surface area contributed by atoms with Gasteiger partial charge in [0.25, 0.3) is 0 Å². The molecule has 0 bridgehead atoms. The number of hydrogen-bond donors (Lipinski definition) is 4. The molecule has 4 N–H and O–H groups in total. The zero-order chi connectivity index (χ0) is 11.5. The SMILES string of the molecule is CN(C)c1ccc(C2NNC(=S)NN2)cc1. The summed E-state index contributed by atoms with van der Waals surface area (Å²) in [4.78, 5) is 2.07. The fraction of sp³-hybridized carbons (Fsp3) is 0.300. The van der Waals surface area contributed by atoms with Crippen LogP contribution in [-0.2, 0) is 0 Å². The molecule has 1 aliphatic rings. The molecule has 0 atom stereocenters. The molecule has 1 aromatic carbocycles. The Morgan fingerprint density at radius 2 is 1.62 bits per heavy atom. The van der Waals surface area contributed by atoms with Crippen LogP contribution in [0.2, 0.25) is 0 Å². The topological polar surface area (TPSA) is 51.4 Å². The van der Waals surface area contributed by atoms with Crippen LogP contribution in [-0.4, -0.2) is 19.2 Å². The molecule has 1 aliphatic heterocycles. The minimum absolute atomic E-state index is 0.00270. The van der Waals surface area contributed by atoms with Crippen molar-refractivity contribution < 1.29 is 0 Å². The number of thiocarbonyl (C=S) groups is 1. The van der Waals surface area contributed by atoms with E-state index in [9.17, 15) is 0 Å². The Kier molecular flexibility index (Phi) is 3.23. The van der Waals surface area contributed by atoms with Gasteiger partial charge in [-0.05, 0) is 29.9 Å². The second-order valence-electron chi connectivity index (χ2n) is 3.79. The van der Waals surface area contributed by atoms with E-state index in [4.69, 9.17) is 12.2 Å². The summed E-state index contributed by atoms with van der Waals surface area (Å²) in [7, 11) is 4.04. The minimum Gasteiger partial charge on any atom is -0.378 e. The Morgan fingerprint density at radius 1 is 1.06 bits per heavy atom. The third kappa shape index (κ3) is 2.41. The van der Waals surface area contributed by atoms with Crippen molar-refractivity contribution in [2.24, 2.45) is 0 Å². The van der Waals surface area contributed by atoms with Crippen molar-refractivity contribution in [3.8, 4) is 0 Å². The molecule has 6 heteroatoms. The molecule has 0 spiro atoms. The van der Waals surface area contributed by atoms with Gasteiger partial charge in [0.15, 0.2) is 5.11 Å². The molecular weight excluding hydrogens is 222 g/mol. The van der Waals surface area contributed by atoms with Gasteiger partial charge in [-0.15, -0.1) is 0 Å². The standard InChI is InChI=1S/C10H15N5S/c1-15(2)8-5-3-7(4-6-8)9-11-13-10(16)14-12-9/h3-6,9,11-12H,1-2H3,(H2,13,14,16). The Labute approximate surface area is 100 Å². The lowest BCUT2D eigenvalue weighted by Gasteiger charge is -2.28. The molecule has 1 heterocycles. The van der Waals surface area contributed by atoms with Gasteiger partial charge in [0.1, 0.15) is 6.17 Å². The van der Waals surface area contributed by atoms with Gasteiger partial charge < -0.3 is 4.90 Å². The van der Waals surface area contributed by atoms with Crippen molar-refractivity contribution >= 4 is 23.0 Å². The fourth-order valence-electron chi connectivity index (χ4n) is 1.47. The lowest BCUT2D eigenvalue weighted by molar-refractivity contribution is 0.362. The van der Waals surface area contributed by atoms with E-state index in [1.807, 2.05) is 14.1 Å². The maximum Gasteiger partial charge on any atom is 0.195 e. The summed E-state index contributed by atoms with van der Waals surface area (Å²) in [5, 5.41) is 0.543. The third-order valence-electron chi connectivity index (χ3n) is 2.40. The van der Waals surface area contributed by atoms with Crippen molar-refractivity contribution in [2.75, 3.05) is 19.0 Å². The number of nitrogens with zero attached hydrogens (tertiary/aromatic N) is 1. The molecule has 0 saturated carbocycles. The largest absolute Gasteiger partial charge is 0.378 e. The molecule has 0 unspecified atom stereocenters. The van der Waals surface area contributed by atoms with Crippen molar-refractivity contribution in [2.45, 2.75) is 6.17 Å². The zero-order valence-electron chi connectivity index (χ0n) is 9.24. The molecule has 86 valence electrons. The maximum absolute atomic E-state index is 4.91. The van der Waals surface area contributed by atoms with Crippen molar-refractivity contribution in [3.63, 3.8) is 0 Å². The summed E-state index contributed by atoms with van der Waals surface area (Å²) in [6.07, 6.45) is 0.00270. The summed E-state index contributed by atoms with van der Waals surface area (Å²) in [5.41, 5.74) is 14.2. The van der Waals surface area contributed by atoms with E-state index in [1.165, 1.54) is 5.69 Å². The van der Waals surface area contributed by atoms with Gasteiger partial charge in [0.05, 0.1) is 0 Å². The minimum atomic E-state index is 0.00270. The molecular formula is C10H15N5S. The second-order valence-corrected chi connectivity index (χ2v) is 4.20. The molecule has 0 aromatic heterocycles. The first-order valence-electron chi connectivity index (χ1n) is 5.01. The van der Waals surface area contributed by atoms with Crippen molar-refractivity contribution in [3.05, 3.63) is 29.8 Å². The first-order chi connectivity index (χ1) is 7.66. The summed E-state index contributed by atoms with van der Waals surface area (Å²) in [6.45, 7) is 0. The molecule has 0 radical (unpaired) electrons. The predicted molar refractivity (Wildman–Crippen MR) is 68.7 cm³/mol. The molecule has 0 amide bonds. The fourth-order valence-corrected chi connectivity index (χ4v) is 1.59. The average molecular weight is 237 g/mol. The van der Waals surface area contributed by atoms with Crippen molar-refractivity contribution in [1.29, 1.82) is 0 Å². The maximum atomic E-state index is 4.91. The van der Waals surface area contributed by atoms with E-state index in [1.54, 1.807) is 0 Å². The Morgan fingerprint density at radius 3 is 2.12 bits per heavy atom. The van der Waals surface area contributed by atoms with Crippen LogP contribution >= 0.6 is 12.2 Å². The van der Waals surface area contributed by atoms with E-state index < -0.39 is 0 Å². The zero-order valence-corrected chi connectivity index (χ0v) is 10.1. The predicted octanol–water partition coefficient (Wildman–Crippen LogP) is 0.238. The van der Waals surface area contributed by atoms with Gasteiger partial charge in [-0.2, -0.15) is 0 Å². The van der Waals surface area contributed by atoms with Crippen LogP contribution < -0.4 is 26.6 Å². The highest BCUT2D eigenvalue weighted by molar-refractivity contribution is 7.80. The van der Waals surface area contributed by atoms with E-state index in [2.05, 4.69) is 50.9 Å². The Balaban J connectivity index is 2.07. The van der Waals surface area contributed by atoms with Crippen LogP contribution in [0.15, 0.2) is 24.3 Å². The Hall–Kier alpha value is -1.37. The van der Waals surface area contributed by atoms with E-state index in [0.717, 1.165) is 5.56 Å². The highest BCUT2D eigenvalue weighted by Gasteiger charge is 2.15. The number of nitrogens with one attached hydrogen (secondary N) is 4. The molecule has 1 fully saturated rings. The van der Waals surface area contributed by atoms with Crippen LogP contribution in [0.3, 0.4) is 0 Å². The van der Waals surface area contributed by atoms with Crippen LogP contribution in [0.25, 0.3) is 0 Å². The third-order valence-corrected chi connectivity index (χ3v) is 2.61. The average Bonchev–Trinajstić information content (AvgIpc) is 2.30. The van der Waals surface area contributed by atoms with Gasteiger partial charge in [-0.3, -0.25) is 10.9 Å². The monoisotopic (exact) mass is 237 g/mol. The lowest BCUT2D eigenvalue weighted by Crippen LogP contribution is -2.61. The van der Waals surface area contributed by atoms with E-state index >= 15 is 0 Å². The quantitative estimate of drug-likeness (QED) is 0.553. The van der Waals surface area contributed by atoms with Gasteiger partial charge in [0, 0.05) is 19.8 Å². The summed E-state index contributed by atoms with van der Waals surface area (Å²) >= 11 is 4.91. The first kappa shape index (κ1) is 11.1. The summed E-state index contributed by atoms with van der Waals surface area (Å²) < 4.78 is 0. The molecule has 1 aromatic rings. The highest BCUT2D eigenvalue weighted by Crippen LogP contribution is 2.16. The van der Waals surface area contributed by atoms with Crippen LogP contribution in [0.1, 0.15) is 11.7 Å². The van der Waals surface area contributed by atoms with Crippen LogP contribution in [0.5, 0.6) is 0 Å². The molecule has 1 saturated heterocycles. The first-order valence-corrected chi connectivity index (χ1v) is 5.42. The molecule has 5 nitrogen and oxygen atoms in total. The van der Waals surface area contributed by atoms with Gasteiger partial charge in [-0.1, -0.05) is 12.1 Å². The van der Waals surface area contributed by atoms with Crippen LogP contribution in [0.4, 0.5) is 5.69 Å². The summed E-state index contributed by atoms with van der Waals surface area (Å²) in [5.74, 6) is 0. The molecule has 16 heavy (non-hydrogen) atoms. The molecule has 0 aliphatic carbocycles. The van der Waals surface area contributed by atoms with Gasteiger partial charge in [-0.25, -0.2) is 10.9 Å². The van der Waals surface area contributed by atoms with Gasteiger partial charge >= 0.3 is 0 Å². The van der Waals surface area contributed by atoms with Gasteiger partial charge in [0.2, 0.25) is 0 Å². The number of hydrogen-bond acceptors (Lipinski definition) is 4. The highest BCUT2D eigenvalue weighted by atomic mass is 32.1. The van der Waals surface area contributed by atoms with Crippen molar-refractivity contribution in [1.82, 2.24) is 21.7 Å². The number of anilines is 1. The van der Waals surface area contributed by atoms with E-state index in [-0.39, 0.29) is 6.17 Å². The lowest BCUT2D eigenvalue weighted by atomic mass is 10.1. The van der Waals surface area contributed by atoms with E-state index in [0.29, 0.717) is 5.11 Å². The number of rotatable bonds is 2. The summed E-state index contributed by atoms with van der Waals surface area (Å²) in [6, 6.07) is 8.28. The van der Waals surface area contributed by atoms with Crippen LogP contribution in [0, 0.1) is 0 Å². The smallest absolute Gasteiger partial charge is 0.195 e. The molecule has 2 rings (SSSR count). The normalized spacial score (nSPS) is 16.5. The Bertz CT molecular complexity index is 365. The number of benzene rings is 1.